The van der Waals surface area contributed by atoms with Gasteiger partial charge < -0.3 is 24.8 Å². The molecule has 0 spiro atoms. The highest BCUT2D eigenvalue weighted by Gasteiger charge is 2.44. The molecule has 4 aliphatic rings. The topological polar surface area (TPSA) is 132 Å². The third kappa shape index (κ3) is 5.62. The summed E-state index contributed by atoms with van der Waals surface area (Å²) in [5.74, 6) is -0.549. The Labute approximate surface area is 276 Å². The Morgan fingerprint density at radius 2 is 1.74 bits per heavy atom. The van der Waals surface area contributed by atoms with Crippen LogP contribution in [0.15, 0.2) is 54.2 Å². The van der Waals surface area contributed by atoms with Gasteiger partial charge in [0.1, 0.15) is 22.8 Å². The van der Waals surface area contributed by atoms with E-state index in [1.165, 1.54) is 16.2 Å². The lowest BCUT2D eigenvalue weighted by Crippen LogP contribution is -2.57. The van der Waals surface area contributed by atoms with Crippen molar-refractivity contribution < 1.29 is 28.7 Å². The van der Waals surface area contributed by atoms with Gasteiger partial charge in [-0.05, 0) is 49.4 Å². The number of piperidine rings is 1. The first kappa shape index (κ1) is 30.9. The van der Waals surface area contributed by atoms with Gasteiger partial charge in [0, 0.05) is 38.7 Å². The number of ether oxygens (including phenoxy) is 1. The van der Waals surface area contributed by atoms with Gasteiger partial charge in [-0.1, -0.05) is 24.3 Å². The number of carbonyl (C=O) groups excluding carboxylic acids is 5. The smallest absolute Gasteiger partial charge is 0.321 e. The van der Waals surface area contributed by atoms with Gasteiger partial charge in [0.2, 0.25) is 5.91 Å². The number of hydrogen-bond donors (Lipinski definition) is 1. The second-order valence-corrected chi connectivity index (χ2v) is 13.2. The van der Waals surface area contributed by atoms with Gasteiger partial charge in [-0.2, -0.15) is 0 Å². The van der Waals surface area contributed by atoms with Crippen molar-refractivity contribution in [1.29, 1.82) is 0 Å². The van der Waals surface area contributed by atoms with E-state index in [1.54, 1.807) is 57.7 Å². The van der Waals surface area contributed by atoms with Gasteiger partial charge in [-0.3, -0.25) is 29.1 Å². The average molecular weight is 657 g/mol. The maximum absolute atomic E-state index is 14.4. The lowest BCUT2D eigenvalue weighted by atomic mass is 9.91. The predicted molar refractivity (Wildman–Crippen MR) is 172 cm³/mol. The zero-order valence-corrected chi connectivity index (χ0v) is 26.9. The van der Waals surface area contributed by atoms with Crippen LogP contribution >= 0.6 is 11.3 Å². The number of nitrogens with zero attached hydrogens (tertiary/aromatic N) is 5. The molecule has 3 aromatic rings. The molecule has 2 fully saturated rings. The SMILES string of the molecule is CNC(=O)C1CCCCN1C(=O)N1CCc2cccc(OC3CCN(C(=O)c4cncs4)C3)c2[C@H]1CN1C(=O)c2ccccc2C1=O. The van der Waals surface area contributed by atoms with Crippen LogP contribution in [-0.4, -0.2) is 106 Å². The highest BCUT2D eigenvalue weighted by molar-refractivity contribution is 7.11. The Kier molecular flexibility index (Phi) is 8.39. The number of rotatable bonds is 6. The number of aromatic nitrogens is 1. The number of fused-ring (bicyclic) bond motifs is 2. The molecule has 1 aromatic heterocycles. The predicted octanol–water partition coefficient (Wildman–Crippen LogP) is 3.35. The van der Waals surface area contributed by atoms with Crippen molar-refractivity contribution in [2.24, 2.45) is 0 Å². The molecule has 244 valence electrons. The van der Waals surface area contributed by atoms with E-state index in [4.69, 9.17) is 4.74 Å². The van der Waals surface area contributed by atoms with E-state index in [0.29, 0.717) is 67.2 Å². The molecule has 0 radical (unpaired) electrons. The fourth-order valence-electron chi connectivity index (χ4n) is 7.27. The minimum absolute atomic E-state index is 0.0649. The van der Waals surface area contributed by atoms with Crippen LogP contribution in [0.25, 0.3) is 0 Å². The van der Waals surface area contributed by atoms with E-state index < -0.39 is 23.9 Å². The van der Waals surface area contributed by atoms with E-state index in [2.05, 4.69) is 10.3 Å². The zero-order valence-electron chi connectivity index (χ0n) is 26.1. The summed E-state index contributed by atoms with van der Waals surface area (Å²) in [5.41, 5.74) is 4.01. The number of hydrogen-bond acceptors (Lipinski definition) is 8. The molecule has 5 heterocycles. The van der Waals surface area contributed by atoms with Crippen molar-refractivity contribution in [1.82, 2.24) is 29.9 Å². The van der Waals surface area contributed by atoms with Crippen LogP contribution in [0.1, 0.15) is 73.2 Å². The van der Waals surface area contributed by atoms with E-state index in [1.807, 2.05) is 18.2 Å². The molecular formula is C34H36N6O6S. The highest BCUT2D eigenvalue weighted by Crippen LogP contribution is 2.40. The molecule has 2 aromatic carbocycles. The molecule has 12 nitrogen and oxygen atoms in total. The Hall–Kier alpha value is -4.78. The molecule has 0 aliphatic carbocycles. The maximum Gasteiger partial charge on any atom is 0.321 e. The summed E-state index contributed by atoms with van der Waals surface area (Å²) in [4.78, 5) is 78.4. The second kappa shape index (κ2) is 12.8. The van der Waals surface area contributed by atoms with E-state index in [9.17, 15) is 24.0 Å². The molecule has 2 unspecified atom stereocenters. The minimum Gasteiger partial charge on any atom is -0.488 e. The summed E-state index contributed by atoms with van der Waals surface area (Å²) in [6.07, 6.45) is 4.62. The normalized spacial score (nSPS) is 22.3. The van der Waals surface area contributed by atoms with Crippen molar-refractivity contribution >= 4 is 41.0 Å². The van der Waals surface area contributed by atoms with Crippen LogP contribution in [0.2, 0.25) is 0 Å². The standard InChI is InChI=1S/C34H36N6O6S/c1-35-30(41)25-10-4-5-14-38(25)34(45)39-16-12-21-7-6-11-27(46-22-13-15-37(18-22)33(44)28-17-36-20-47-28)29(21)26(39)19-40-31(42)23-8-2-3-9-24(23)32(40)43/h2-3,6-9,11,17,20,22,25-26H,4-5,10,12-16,18-19H2,1H3,(H,35,41)/t22?,25?,26-/m1/s1. The summed E-state index contributed by atoms with van der Waals surface area (Å²) in [6, 6.07) is 10.9. The number of amides is 6. The van der Waals surface area contributed by atoms with Crippen LogP contribution in [-0.2, 0) is 11.2 Å². The summed E-state index contributed by atoms with van der Waals surface area (Å²) < 4.78 is 6.62. The zero-order chi connectivity index (χ0) is 32.7. The lowest BCUT2D eigenvalue weighted by molar-refractivity contribution is -0.126. The number of benzene rings is 2. The van der Waals surface area contributed by atoms with Crippen molar-refractivity contribution in [3.63, 3.8) is 0 Å². The molecule has 3 atom stereocenters. The first-order valence-electron chi connectivity index (χ1n) is 16.1. The van der Waals surface area contributed by atoms with Gasteiger partial charge in [-0.15, -0.1) is 11.3 Å². The molecule has 0 saturated carbocycles. The fraction of sp³-hybridized carbons (Fsp3) is 0.412. The number of nitrogens with one attached hydrogen (secondary N) is 1. The molecule has 0 bridgehead atoms. The number of carbonyl (C=O) groups is 5. The van der Waals surface area contributed by atoms with Crippen LogP contribution in [0.4, 0.5) is 4.79 Å². The van der Waals surface area contributed by atoms with Crippen molar-refractivity contribution in [3.8, 4) is 5.75 Å². The summed E-state index contributed by atoms with van der Waals surface area (Å²) in [6.45, 7) is 1.65. The number of urea groups is 1. The average Bonchev–Trinajstić information content (AvgIpc) is 3.86. The van der Waals surface area contributed by atoms with E-state index in [-0.39, 0.29) is 30.5 Å². The minimum atomic E-state index is -0.715. The lowest BCUT2D eigenvalue weighted by Gasteiger charge is -2.44. The molecule has 7 rings (SSSR count). The van der Waals surface area contributed by atoms with E-state index >= 15 is 0 Å². The summed E-state index contributed by atoms with van der Waals surface area (Å²) >= 11 is 1.30. The summed E-state index contributed by atoms with van der Waals surface area (Å²) in [5, 5.41) is 2.70. The van der Waals surface area contributed by atoms with Crippen LogP contribution in [0, 0.1) is 0 Å². The molecule has 13 heteroatoms. The third-order valence-corrected chi connectivity index (χ3v) is 10.4. The summed E-state index contributed by atoms with van der Waals surface area (Å²) in [7, 11) is 1.57. The van der Waals surface area contributed by atoms with Gasteiger partial charge >= 0.3 is 6.03 Å². The molecule has 4 aliphatic heterocycles. The Bertz CT molecular complexity index is 1690. The second-order valence-electron chi connectivity index (χ2n) is 12.3. The molecule has 6 amide bonds. The van der Waals surface area contributed by atoms with Gasteiger partial charge in [0.25, 0.3) is 17.7 Å². The largest absolute Gasteiger partial charge is 0.488 e. The number of imide groups is 1. The Balaban J connectivity index is 1.22. The van der Waals surface area contributed by atoms with Crippen LogP contribution in [0.3, 0.4) is 0 Å². The van der Waals surface area contributed by atoms with Gasteiger partial charge in [0.15, 0.2) is 0 Å². The molecule has 47 heavy (non-hydrogen) atoms. The van der Waals surface area contributed by atoms with Gasteiger partial charge in [-0.25, -0.2) is 4.79 Å². The first-order valence-corrected chi connectivity index (χ1v) is 16.9. The maximum atomic E-state index is 14.4. The highest BCUT2D eigenvalue weighted by atomic mass is 32.1. The fourth-order valence-corrected chi connectivity index (χ4v) is 7.85. The van der Waals surface area contributed by atoms with Crippen LogP contribution in [0.5, 0.6) is 5.75 Å². The quantitative estimate of drug-likeness (QED) is 0.403. The molecular weight excluding hydrogens is 620 g/mol. The monoisotopic (exact) mass is 656 g/mol. The van der Waals surface area contributed by atoms with Crippen LogP contribution < -0.4 is 10.1 Å². The molecule has 1 N–H and O–H groups in total. The third-order valence-electron chi connectivity index (χ3n) is 9.63. The Morgan fingerprint density at radius 1 is 0.957 bits per heavy atom. The number of likely N-dealkylation sites (tertiary alicyclic amines) is 2. The number of thiazole rings is 1. The molecule has 2 saturated heterocycles. The Morgan fingerprint density at radius 3 is 2.47 bits per heavy atom. The first-order chi connectivity index (χ1) is 22.9. The number of likely N-dealkylation sites (N-methyl/N-ethyl adjacent to an activating group) is 1. The van der Waals surface area contributed by atoms with Crippen molar-refractivity contribution in [3.05, 3.63) is 81.3 Å². The van der Waals surface area contributed by atoms with Gasteiger partial charge in [0.05, 0.1) is 42.0 Å². The van der Waals surface area contributed by atoms with Crippen molar-refractivity contribution in [2.75, 3.05) is 39.8 Å². The van der Waals surface area contributed by atoms with E-state index in [0.717, 1.165) is 24.0 Å². The van der Waals surface area contributed by atoms with Crippen molar-refractivity contribution in [2.45, 2.75) is 50.3 Å².